The van der Waals surface area contributed by atoms with Gasteiger partial charge in [0.1, 0.15) is 0 Å². The summed E-state index contributed by atoms with van der Waals surface area (Å²) in [7, 11) is 0. The van der Waals surface area contributed by atoms with Gasteiger partial charge in [0.25, 0.3) is 11.8 Å². The molecule has 1 fully saturated rings. The lowest BCUT2D eigenvalue weighted by molar-refractivity contribution is 0.0303. The Morgan fingerprint density at radius 3 is 2.51 bits per heavy atom. The highest BCUT2D eigenvalue weighted by molar-refractivity contribution is 6.37. The van der Waals surface area contributed by atoms with Gasteiger partial charge in [-0.2, -0.15) is 0 Å². The number of ether oxygens (including phenoxy) is 1. The monoisotopic (exact) mass is 610 g/mol. The summed E-state index contributed by atoms with van der Waals surface area (Å²) in [6, 6.07) is 19.8. The first-order valence-electron chi connectivity index (χ1n) is 13.6. The summed E-state index contributed by atoms with van der Waals surface area (Å²) >= 11 is 12.4. The van der Waals surface area contributed by atoms with Crippen molar-refractivity contribution in [2.45, 2.75) is 0 Å². The van der Waals surface area contributed by atoms with E-state index in [4.69, 9.17) is 32.9 Å². The van der Waals surface area contributed by atoms with Crippen LogP contribution in [0, 0.1) is 0 Å². The molecule has 9 nitrogen and oxygen atoms in total. The van der Waals surface area contributed by atoms with E-state index in [-0.39, 0.29) is 16.8 Å². The highest BCUT2D eigenvalue weighted by atomic mass is 35.5. The van der Waals surface area contributed by atoms with Crippen LogP contribution in [0.4, 0.5) is 11.5 Å². The molecule has 0 radical (unpaired) electrons. The Hall–Kier alpha value is -4.70. The predicted octanol–water partition coefficient (Wildman–Crippen LogP) is 6.56. The van der Waals surface area contributed by atoms with Gasteiger partial charge in [-0.3, -0.25) is 14.2 Å². The van der Waals surface area contributed by atoms with Gasteiger partial charge < -0.3 is 19.4 Å². The van der Waals surface area contributed by atoms with Crippen LogP contribution in [0.2, 0.25) is 10.0 Å². The fraction of sp³-hybridized carbons (Fsp3) is 0.125. The van der Waals surface area contributed by atoms with Crippen molar-refractivity contribution >= 4 is 63.1 Å². The quantitative estimate of drug-likeness (QED) is 0.237. The first-order chi connectivity index (χ1) is 21.0. The molecule has 1 N–H and O–H groups in total. The average Bonchev–Trinajstić information content (AvgIpc) is 3.69. The van der Waals surface area contributed by atoms with Crippen molar-refractivity contribution in [3.05, 3.63) is 113 Å². The number of rotatable bonds is 5. The van der Waals surface area contributed by atoms with Crippen LogP contribution in [0.25, 0.3) is 27.8 Å². The second-order valence-electron chi connectivity index (χ2n) is 10.1. The molecular formula is C32H24Cl2N6O3. The van der Waals surface area contributed by atoms with Crippen LogP contribution in [0.3, 0.4) is 0 Å². The van der Waals surface area contributed by atoms with Crippen molar-refractivity contribution in [1.29, 1.82) is 0 Å². The Morgan fingerprint density at radius 1 is 0.907 bits per heavy atom. The zero-order chi connectivity index (χ0) is 29.5. The number of nitrogens with one attached hydrogen (secondary N) is 1. The third kappa shape index (κ3) is 5.12. The number of benzene rings is 3. The van der Waals surface area contributed by atoms with Gasteiger partial charge in [-0.05, 0) is 54.6 Å². The van der Waals surface area contributed by atoms with Crippen molar-refractivity contribution in [2.75, 3.05) is 31.6 Å². The third-order valence-corrected chi connectivity index (χ3v) is 8.00. The van der Waals surface area contributed by atoms with Gasteiger partial charge in [-0.25, -0.2) is 9.97 Å². The largest absolute Gasteiger partial charge is 0.378 e. The smallest absolute Gasteiger partial charge is 0.263 e. The van der Waals surface area contributed by atoms with Crippen molar-refractivity contribution in [3.8, 4) is 11.3 Å². The second-order valence-corrected chi connectivity index (χ2v) is 10.9. The van der Waals surface area contributed by atoms with Gasteiger partial charge in [-0.1, -0.05) is 35.3 Å². The van der Waals surface area contributed by atoms with E-state index in [9.17, 15) is 9.59 Å². The first kappa shape index (κ1) is 27.2. The molecule has 7 rings (SSSR count). The van der Waals surface area contributed by atoms with E-state index in [1.165, 1.54) is 0 Å². The molecule has 0 unspecified atom stereocenters. The number of morpholine rings is 1. The lowest BCUT2D eigenvalue weighted by atomic mass is 10.1. The predicted molar refractivity (Wildman–Crippen MR) is 167 cm³/mol. The van der Waals surface area contributed by atoms with Gasteiger partial charge in [0.05, 0.1) is 35.0 Å². The molecule has 4 heterocycles. The van der Waals surface area contributed by atoms with Crippen molar-refractivity contribution in [3.63, 3.8) is 0 Å². The summed E-state index contributed by atoms with van der Waals surface area (Å²) in [6.07, 6.45) is 7.20. The molecule has 43 heavy (non-hydrogen) atoms. The molecule has 1 aliphatic heterocycles. The molecule has 214 valence electrons. The SMILES string of the molecule is O=C(c1ccc(Nc2nc(-c3cccc4c3ccn4C(=O)c3ccc(Cl)cc3Cl)cn3ccnc23)cc1)N1CCOCC1. The molecule has 0 bridgehead atoms. The molecule has 11 heteroatoms. The molecule has 3 aromatic heterocycles. The molecule has 1 aliphatic rings. The van der Waals surface area contributed by atoms with Crippen LogP contribution in [0.5, 0.6) is 0 Å². The third-order valence-electron chi connectivity index (χ3n) is 7.46. The number of fused-ring (bicyclic) bond motifs is 2. The van der Waals surface area contributed by atoms with Gasteiger partial charge in [0, 0.05) is 65.1 Å². The maximum absolute atomic E-state index is 13.4. The fourth-order valence-electron chi connectivity index (χ4n) is 5.29. The van der Waals surface area contributed by atoms with Gasteiger partial charge in [-0.15, -0.1) is 0 Å². The molecule has 6 aromatic rings. The normalized spacial score (nSPS) is 13.5. The van der Waals surface area contributed by atoms with Crippen LogP contribution in [-0.4, -0.2) is 62.0 Å². The Labute approximate surface area is 256 Å². The lowest BCUT2D eigenvalue weighted by Gasteiger charge is -2.26. The first-order valence-corrected chi connectivity index (χ1v) is 14.4. The number of nitrogens with zero attached hydrogens (tertiary/aromatic N) is 5. The lowest BCUT2D eigenvalue weighted by Crippen LogP contribution is -2.40. The number of hydrogen-bond acceptors (Lipinski definition) is 6. The molecule has 0 aliphatic carbocycles. The van der Waals surface area contributed by atoms with Crippen LogP contribution in [0.1, 0.15) is 20.7 Å². The second kappa shape index (κ2) is 11.2. The van der Waals surface area contributed by atoms with Crippen LogP contribution < -0.4 is 5.32 Å². The summed E-state index contributed by atoms with van der Waals surface area (Å²) in [4.78, 5) is 37.5. The van der Waals surface area contributed by atoms with E-state index in [1.54, 1.807) is 52.2 Å². The van der Waals surface area contributed by atoms with Crippen molar-refractivity contribution < 1.29 is 14.3 Å². The fourth-order valence-corrected chi connectivity index (χ4v) is 5.78. The molecule has 0 saturated carbocycles. The summed E-state index contributed by atoms with van der Waals surface area (Å²) in [5.74, 6) is 0.280. The number of halogens is 2. The standard InChI is InChI=1S/C32H24Cl2N6O3/c33-21-6-9-25(26(34)18-21)32(42)40-12-10-24-23(2-1-3-28(24)40)27-19-39-13-11-35-30(39)29(37-27)36-22-7-4-20(5-8-22)31(41)38-14-16-43-17-15-38/h1-13,18-19H,14-17H2,(H,36,37). The molecule has 0 atom stereocenters. The number of carbonyl (C=O) groups is 2. The minimum atomic E-state index is -0.259. The van der Waals surface area contributed by atoms with Gasteiger partial charge >= 0.3 is 0 Å². The maximum Gasteiger partial charge on any atom is 0.263 e. The molecule has 0 spiro atoms. The van der Waals surface area contributed by atoms with E-state index < -0.39 is 0 Å². The van der Waals surface area contributed by atoms with Crippen LogP contribution in [0.15, 0.2) is 91.5 Å². The Bertz CT molecular complexity index is 2010. The van der Waals surface area contributed by atoms with E-state index in [0.717, 1.165) is 22.2 Å². The van der Waals surface area contributed by atoms with Crippen LogP contribution >= 0.6 is 23.2 Å². The van der Waals surface area contributed by atoms with E-state index in [1.807, 2.05) is 53.2 Å². The van der Waals surface area contributed by atoms with Gasteiger partial charge in [0.2, 0.25) is 0 Å². The van der Waals surface area contributed by atoms with E-state index >= 15 is 0 Å². The number of amides is 1. The summed E-state index contributed by atoms with van der Waals surface area (Å²) in [5, 5.41) is 4.97. The Kier molecular flexibility index (Phi) is 7.06. The minimum absolute atomic E-state index is 0.0116. The van der Waals surface area contributed by atoms with Gasteiger partial charge in [0.15, 0.2) is 11.5 Å². The number of hydrogen-bond donors (Lipinski definition) is 1. The topological polar surface area (TPSA) is 93.8 Å². The van der Waals surface area contributed by atoms with E-state index in [2.05, 4.69) is 10.3 Å². The van der Waals surface area contributed by atoms with E-state index in [0.29, 0.717) is 59.6 Å². The average molecular weight is 611 g/mol. The molecule has 1 amide bonds. The molecular weight excluding hydrogens is 587 g/mol. The highest BCUT2D eigenvalue weighted by Crippen LogP contribution is 2.32. The zero-order valence-corrected chi connectivity index (χ0v) is 24.2. The summed E-state index contributed by atoms with van der Waals surface area (Å²) in [5.41, 5.74) is 4.64. The number of imidazole rings is 1. The number of anilines is 2. The molecule has 3 aromatic carbocycles. The Morgan fingerprint density at radius 2 is 1.72 bits per heavy atom. The summed E-state index contributed by atoms with van der Waals surface area (Å²) in [6.45, 7) is 2.29. The summed E-state index contributed by atoms with van der Waals surface area (Å²) < 4.78 is 8.83. The number of aromatic nitrogens is 4. The maximum atomic E-state index is 13.4. The van der Waals surface area contributed by atoms with Crippen LogP contribution in [-0.2, 0) is 4.74 Å². The van der Waals surface area contributed by atoms with Crippen molar-refractivity contribution in [1.82, 2.24) is 23.8 Å². The minimum Gasteiger partial charge on any atom is -0.378 e. The number of carbonyl (C=O) groups excluding carboxylic acids is 2. The Balaban J connectivity index is 1.22. The molecule has 1 saturated heterocycles. The van der Waals surface area contributed by atoms with Crippen molar-refractivity contribution in [2.24, 2.45) is 0 Å². The highest BCUT2D eigenvalue weighted by Gasteiger charge is 2.20. The zero-order valence-electron chi connectivity index (χ0n) is 22.7.